The van der Waals surface area contributed by atoms with E-state index in [1.807, 2.05) is 6.07 Å². The second kappa shape index (κ2) is 7.36. The Morgan fingerprint density at radius 3 is 2.76 bits per heavy atom. The third kappa shape index (κ3) is 4.00. The van der Waals surface area contributed by atoms with Crippen LogP contribution in [0.4, 0.5) is 4.79 Å². The number of nitrogens with one attached hydrogen (secondary N) is 1. The van der Waals surface area contributed by atoms with Crippen LogP contribution in [0.2, 0.25) is 0 Å². The van der Waals surface area contributed by atoms with Crippen LogP contribution in [-0.4, -0.2) is 47.0 Å². The summed E-state index contributed by atoms with van der Waals surface area (Å²) < 4.78 is 0. The maximum Gasteiger partial charge on any atom is 0.318 e. The van der Waals surface area contributed by atoms with Gasteiger partial charge in [0.1, 0.15) is 0 Å². The van der Waals surface area contributed by atoms with Crippen molar-refractivity contribution in [2.24, 2.45) is 5.92 Å². The summed E-state index contributed by atoms with van der Waals surface area (Å²) >= 11 is 0. The highest BCUT2D eigenvalue weighted by atomic mass is 16.2. The number of carbonyl (C=O) groups is 1. The number of rotatable bonds is 5. The molecule has 4 nitrogen and oxygen atoms in total. The Bertz CT molecular complexity index is 586. The molecule has 1 N–H and O–H groups in total. The van der Waals surface area contributed by atoms with E-state index in [1.165, 1.54) is 37.8 Å². The van der Waals surface area contributed by atoms with Gasteiger partial charge in [0.05, 0.1) is 0 Å². The summed E-state index contributed by atoms with van der Waals surface area (Å²) in [7, 11) is 0. The molecule has 2 heterocycles. The average Bonchev–Trinajstić information content (AvgIpc) is 3.38. The van der Waals surface area contributed by atoms with Crippen molar-refractivity contribution in [2.45, 2.75) is 70.1 Å². The number of hydrogen-bond acceptors (Lipinski definition) is 2. The normalized spacial score (nSPS) is 27.6. The van der Waals surface area contributed by atoms with Gasteiger partial charge < -0.3 is 15.1 Å². The number of benzene rings is 1. The lowest BCUT2D eigenvalue weighted by atomic mass is 9.98. The van der Waals surface area contributed by atoms with Crippen molar-refractivity contribution in [1.82, 2.24) is 15.1 Å². The molecule has 2 aliphatic heterocycles. The molecule has 1 aromatic rings. The lowest BCUT2D eigenvalue weighted by Gasteiger charge is -2.37. The van der Waals surface area contributed by atoms with E-state index < -0.39 is 0 Å². The van der Waals surface area contributed by atoms with E-state index in [-0.39, 0.29) is 6.03 Å². The summed E-state index contributed by atoms with van der Waals surface area (Å²) in [4.78, 5) is 17.8. The van der Waals surface area contributed by atoms with E-state index >= 15 is 0 Å². The predicted octanol–water partition coefficient (Wildman–Crippen LogP) is 3.62. The third-order valence-electron chi connectivity index (χ3n) is 6.40. The van der Waals surface area contributed by atoms with Crippen molar-refractivity contribution in [3.05, 3.63) is 35.9 Å². The zero-order valence-corrected chi connectivity index (χ0v) is 15.4. The van der Waals surface area contributed by atoms with E-state index in [9.17, 15) is 4.79 Å². The fourth-order valence-electron chi connectivity index (χ4n) is 4.63. The Balaban J connectivity index is 1.40. The number of piperidine rings is 1. The van der Waals surface area contributed by atoms with Crippen LogP contribution >= 0.6 is 0 Å². The molecule has 0 unspecified atom stereocenters. The summed E-state index contributed by atoms with van der Waals surface area (Å²) in [5.41, 5.74) is 1.22. The van der Waals surface area contributed by atoms with Crippen molar-refractivity contribution in [3.63, 3.8) is 0 Å². The SMILES string of the molecule is C[C@H](C1CC1)N(Cc1ccccc1)C(=O)N[C@H]1CCN2CCC[C@@H]2C1. The van der Waals surface area contributed by atoms with Gasteiger partial charge >= 0.3 is 6.03 Å². The first-order valence-corrected chi connectivity index (χ1v) is 10.1. The molecule has 0 aromatic heterocycles. The van der Waals surface area contributed by atoms with Crippen LogP contribution in [0.15, 0.2) is 30.3 Å². The quantitative estimate of drug-likeness (QED) is 0.888. The fourth-order valence-corrected chi connectivity index (χ4v) is 4.63. The minimum atomic E-state index is 0.139. The molecule has 1 saturated carbocycles. The number of nitrogens with zero attached hydrogens (tertiary/aromatic N) is 2. The molecule has 3 atom stereocenters. The van der Waals surface area contributed by atoms with Crippen molar-refractivity contribution < 1.29 is 4.79 Å². The van der Waals surface area contributed by atoms with Crippen LogP contribution in [0.25, 0.3) is 0 Å². The molecule has 1 aromatic carbocycles. The molecule has 4 heteroatoms. The summed E-state index contributed by atoms with van der Waals surface area (Å²) in [6.07, 6.45) is 7.38. The average molecular weight is 341 g/mol. The van der Waals surface area contributed by atoms with Crippen molar-refractivity contribution in [3.8, 4) is 0 Å². The summed E-state index contributed by atoms with van der Waals surface area (Å²) in [5, 5.41) is 3.38. The van der Waals surface area contributed by atoms with Gasteiger partial charge in [-0.2, -0.15) is 0 Å². The molecular formula is C21H31N3O. The molecule has 3 aliphatic rings. The second-order valence-electron chi connectivity index (χ2n) is 8.19. The molecule has 4 rings (SSSR count). The Morgan fingerprint density at radius 2 is 2.00 bits per heavy atom. The first kappa shape index (κ1) is 16.9. The third-order valence-corrected chi connectivity index (χ3v) is 6.40. The monoisotopic (exact) mass is 341 g/mol. The predicted molar refractivity (Wildman–Crippen MR) is 100 cm³/mol. The lowest BCUT2D eigenvalue weighted by Crippen LogP contribution is -2.52. The number of fused-ring (bicyclic) bond motifs is 1. The summed E-state index contributed by atoms with van der Waals surface area (Å²) in [6.45, 7) is 5.34. The Kier molecular flexibility index (Phi) is 4.98. The molecule has 0 spiro atoms. The molecule has 2 amide bonds. The first-order valence-electron chi connectivity index (χ1n) is 10.1. The topological polar surface area (TPSA) is 35.6 Å². The number of urea groups is 1. The maximum absolute atomic E-state index is 13.1. The standard InChI is InChI=1S/C21H31N3O/c1-16(18-9-10-18)24(15-17-6-3-2-4-7-17)21(25)22-19-11-13-23-12-5-8-20(23)14-19/h2-4,6-7,16,18-20H,5,8-15H2,1H3,(H,22,25)/t16-,19+,20-/m1/s1. The largest absolute Gasteiger partial charge is 0.335 e. The van der Waals surface area contributed by atoms with Crippen molar-refractivity contribution in [2.75, 3.05) is 13.1 Å². The van der Waals surface area contributed by atoms with E-state index in [0.29, 0.717) is 30.6 Å². The molecule has 3 fully saturated rings. The van der Waals surface area contributed by atoms with Crippen molar-refractivity contribution in [1.29, 1.82) is 0 Å². The number of amides is 2. The van der Waals surface area contributed by atoms with Crippen molar-refractivity contribution >= 4 is 6.03 Å². The molecule has 136 valence electrons. The number of carbonyl (C=O) groups excluding carboxylic acids is 1. The highest BCUT2D eigenvalue weighted by molar-refractivity contribution is 5.75. The van der Waals surface area contributed by atoms with Crippen LogP contribution < -0.4 is 5.32 Å². The lowest BCUT2D eigenvalue weighted by molar-refractivity contribution is 0.141. The molecular weight excluding hydrogens is 310 g/mol. The minimum Gasteiger partial charge on any atom is -0.335 e. The van der Waals surface area contributed by atoms with Gasteiger partial charge in [0.25, 0.3) is 0 Å². The van der Waals surface area contributed by atoms with Crippen LogP contribution in [0, 0.1) is 5.92 Å². The molecule has 0 bridgehead atoms. The highest BCUT2D eigenvalue weighted by Crippen LogP contribution is 2.36. The van der Waals surface area contributed by atoms with Gasteiger partial charge in [-0.3, -0.25) is 0 Å². The van der Waals surface area contributed by atoms with E-state index in [2.05, 4.69) is 46.3 Å². The van der Waals surface area contributed by atoms with Gasteiger partial charge in [0, 0.05) is 31.2 Å². The van der Waals surface area contributed by atoms with Crippen LogP contribution in [-0.2, 0) is 6.54 Å². The van der Waals surface area contributed by atoms with Crippen LogP contribution in [0.3, 0.4) is 0 Å². The molecule has 1 aliphatic carbocycles. The minimum absolute atomic E-state index is 0.139. The molecule has 25 heavy (non-hydrogen) atoms. The Labute approximate surface area is 151 Å². The van der Waals surface area contributed by atoms with Gasteiger partial charge in [-0.05, 0) is 63.5 Å². The van der Waals surface area contributed by atoms with Crippen LogP contribution in [0.1, 0.15) is 51.0 Å². The maximum atomic E-state index is 13.1. The highest BCUT2D eigenvalue weighted by Gasteiger charge is 2.36. The molecule has 2 saturated heterocycles. The van der Waals surface area contributed by atoms with Gasteiger partial charge in [-0.15, -0.1) is 0 Å². The zero-order chi connectivity index (χ0) is 17.2. The number of hydrogen-bond donors (Lipinski definition) is 1. The zero-order valence-electron chi connectivity index (χ0n) is 15.4. The Morgan fingerprint density at radius 1 is 1.20 bits per heavy atom. The smallest absolute Gasteiger partial charge is 0.318 e. The van der Waals surface area contributed by atoms with E-state index in [1.54, 1.807) is 0 Å². The second-order valence-corrected chi connectivity index (χ2v) is 8.19. The summed E-state index contributed by atoms with van der Waals surface area (Å²) in [6, 6.07) is 11.9. The summed E-state index contributed by atoms with van der Waals surface area (Å²) in [5.74, 6) is 0.686. The van der Waals surface area contributed by atoms with Gasteiger partial charge in [-0.25, -0.2) is 4.79 Å². The fraction of sp³-hybridized carbons (Fsp3) is 0.667. The van der Waals surface area contributed by atoms with E-state index in [0.717, 1.165) is 19.4 Å². The van der Waals surface area contributed by atoms with E-state index in [4.69, 9.17) is 0 Å². The van der Waals surface area contributed by atoms with Gasteiger partial charge in [0.15, 0.2) is 0 Å². The molecule has 0 radical (unpaired) electrons. The van der Waals surface area contributed by atoms with Crippen LogP contribution in [0.5, 0.6) is 0 Å². The van der Waals surface area contributed by atoms with Gasteiger partial charge in [0.2, 0.25) is 0 Å². The Hall–Kier alpha value is -1.55. The van der Waals surface area contributed by atoms with Gasteiger partial charge in [-0.1, -0.05) is 30.3 Å². The first-order chi connectivity index (χ1) is 12.2.